The fraction of sp³-hybridized carbons (Fsp3) is 0. The number of nitrogens with zero attached hydrogens (tertiary/aromatic N) is 2. The van der Waals surface area contributed by atoms with Gasteiger partial charge in [-0.05, 0) is 60.7 Å². The van der Waals surface area contributed by atoms with E-state index in [0.717, 1.165) is 11.3 Å². The summed E-state index contributed by atoms with van der Waals surface area (Å²) in [6.07, 6.45) is 8.45. The van der Waals surface area contributed by atoms with Gasteiger partial charge in [-0.3, -0.25) is 4.79 Å². The number of hydrogen-bond donors (Lipinski definition) is 0. The van der Waals surface area contributed by atoms with E-state index in [-0.39, 0.29) is 5.78 Å². The van der Waals surface area contributed by atoms with E-state index in [1.54, 1.807) is 30.7 Å². The molecule has 0 amide bonds. The van der Waals surface area contributed by atoms with Crippen LogP contribution in [0.25, 0.3) is 23.1 Å². The molecule has 0 saturated carbocycles. The largest absolute Gasteiger partial charge is 0.457 e. The van der Waals surface area contributed by atoms with Crippen LogP contribution in [0.3, 0.4) is 0 Å². The Morgan fingerprint density at radius 3 is 2.67 bits per heavy atom. The van der Waals surface area contributed by atoms with E-state index < -0.39 is 0 Å². The van der Waals surface area contributed by atoms with Gasteiger partial charge in [-0.1, -0.05) is 23.7 Å². The van der Waals surface area contributed by atoms with Gasteiger partial charge in [-0.15, -0.1) is 0 Å². The molecule has 2 aromatic carbocycles. The first-order chi connectivity index (χ1) is 13.2. The average Bonchev–Trinajstić information content (AvgIpc) is 3.38. The molecule has 0 aliphatic rings. The zero-order valence-electron chi connectivity index (χ0n) is 14.2. The molecule has 0 unspecified atom stereocenters. The molecule has 0 N–H and O–H groups in total. The number of aromatic nitrogens is 2. The first-order valence-electron chi connectivity index (χ1n) is 8.36. The SMILES string of the molecule is O=C(/C=C/c1ccc(-c2cccc(Cl)c2)o1)c1ccc(-n2ccnc2)cc1. The maximum atomic E-state index is 12.4. The van der Waals surface area contributed by atoms with Gasteiger partial charge in [0.15, 0.2) is 5.78 Å². The van der Waals surface area contributed by atoms with Gasteiger partial charge in [0, 0.05) is 34.2 Å². The molecule has 0 aliphatic carbocycles. The van der Waals surface area contributed by atoms with Gasteiger partial charge in [0.25, 0.3) is 0 Å². The van der Waals surface area contributed by atoms with E-state index in [1.165, 1.54) is 6.08 Å². The molecule has 4 rings (SSSR count). The number of halogens is 1. The lowest BCUT2D eigenvalue weighted by atomic mass is 10.1. The second-order valence-electron chi connectivity index (χ2n) is 5.93. The summed E-state index contributed by atoms with van der Waals surface area (Å²) < 4.78 is 7.65. The predicted octanol–water partition coefficient (Wildman–Crippen LogP) is 5.68. The third-order valence-electron chi connectivity index (χ3n) is 4.09. The van der Waals surface area contributed by atoms with Crippen LogP contribution in [0.5, 0.6) is 0 Å². The quantitative estimate of drug-likeness (QED) is 0.333. The topological polar surface area (TPSA) is 48.0 Å². The number of carbonyl (C=O) groups is 1. The van der Waals surface area contributed by atoms with Crippen LogP contribution in [0.1, 0.15) is 16.1 Å². The second-order valence-corrected chi connectivity index (χ2v) is 6.36. The fourth-order valence-corrected chi connectivity index (χ4v) is 2.89. The van der Waals surface area contributed by atoms with Crippen LogP contribution in [0.15, 0.2) is 89.9 Å². The molecule has 2 aromatic heterocycles. The number of ketones is 1. The third-order valence-corrected chi connectivity index (χ3v) is 4.32. The molecule has 0 spiro atoms. The Bertz CT molecular complexity index is 1090. The summed E-state index contributed by atoms with van der Waals surface area (Å²) >= 11 is 6.01. The van der Waals surface area contributed by atoms with Crippen molar-refractivity contribution in [3.05, 3.63) is 102 Å². The lowest BCUT2D eigenvalue weighted by Crippen LogP contribution is -1.96. The third kappa shape index (κ3) is 3.91. The van der Waals surface area contributed by atoms with Gasteiger partial charge >= 0.3 is 0 Å². The molecular formula is C22H15ClN2O2. The maximum Gasteiger partial charge on any atom is 0.185 e. The van der Waals surface area contributed by atoms with E-state index in [4.69, 9.17) is 16.0 Å². The lowest BCUT2D eigenvalue weighted by molar-refractivity contribution is 0.104. The molecule has 0 radical (unpaired) electrons. The number of furan rings is 1. The molecule has 132 valence electrons. The van der Waals surface area contributed by atoms with Gasteiger partial charge in [-0.2, -0.15) is 0 Å². The molecule has 5 heteroatoms. The standard InChI is InChI=1S/C22H15ClN2O2/c23-18-3-1-2-17(14-18)22-11-9-20(27-22)8-10-21(26)16-4-6-19(7-5-16)25-13-12-24-15-25/h1-15H/b10-8+. The molecule has 0 fully saturated rings. The van der Waals surface area contributed by atoms with Crippen molar-refractivity contribution in [2.24, 2.45) is 0 Å². The van der Waals surface area contributed by atoms with Crippen molar-refractivity contribution in [3.63, 3.8) is 0 Å². The number of benzene rings is 2. The van der Waals surface area contributed by atoms with E-state index in [1.807, 2.05) is 59.3 Å². The lowest BCUT2D eigenvalue weighted by Gasteiger charge is -2.02. The van der Waals surface area contributed by atoms with Crippen LogP contribution >= 0.6 is 11.6 Å². The average molecular weight is 375 g/mol. The van der Waals surface area contributed by atoms with Crippen molar-refractivity contribution < 1.29 is 9.21 Å². The number of allylic oxidation sites excluding steroid dienone is 1. The minimum absolute atomic E-state index is 0.0899. The van der Waals surface area contributed by atoms with Crippen LogP contribution in [0, 0.1) is 0 Å². The van der Waals surface area contributed by atoms with E-state index in [2.05, 4.69) is 4.98 Å². The molecule has 0 saturated heterocycles. The van der Waals surface area contributed by atoms with Crippen LogP contribution < -0.4 is 0 Å². The second kappa shape index (κ2) is 7.48. The van der Waals surface area contributed by atoms with Crippen molar-refractivity contribution in [3.8, 4) is 17.0 Å². The Morgan fingerprint density at radius 1 is 1.07 bits per heavy atom. The molecule has 0 atom stereocenters. The fourth-order valence-electron chi connectivity index (χ4n) is 2.70. The number of carbonyl (C=O) groups excluding carboxylic acids is 1. The van der Waals surface area contributed by atoms with E-state index in [0.29, 0.717) is 22.1 Å². The summed E-state index contributed by atoms with van der Waals surface area (Å²) in [6, 6.07) is 18.5. The molecule has 4 nitrogen and oxygen atoms in total. The molecule has 0 bridgehead atoms. The predicted molar refractivity (Wildman–Crippen MR) is 106 cm³/mol. The van der Waals surface area contributed by atoms with Crippen molar-refractivity contribution >= 4 is 23.5 Å². The zero-order valence-corrected chi connectivity index (χ0v) is 15.0. The number of hydrogen-bond acceptors (Lipinski definition) is 3. The highest BCUT2D eigenvalue weighted by Gasteiger charge is 2.06. The Hall–Kier alpha value is -3.37. The monoisotopic (exact) mass is 374 g/mol. The van der Waals surface area contributed by atoms with E-state index in [9.17, 15) is 4.79 Å². The Kier molecular flexibility index (Phi) is 4.73. The molecular weight excluding hydrogens is 360 g/mol. The first-order valence-corrected chi connectivity index (χ1v) is 8.73. The van der Waals surface area contributed by atoms with Crippen molar-refractivity contribution in [2.75, 3.05) is 0 Å². The normalized spacial score (nSPS) is 11.1. The van der Waals surface area contributed by atoms with Crippen LogP contribution in [-0.4, -0.2) is 15.3 Å². The molecule has 4 aromatic rings. The van der Waals surface area contributed by atoms with Crippen LogP contribution in [0.4, 0.5) is 0 Å². The molecule has 27 heavy (non-hydrogen) atoms. The Balaban J connectivity index is 1.47. The summed E-state index contributed by atoms with van der Waals surface area (Å²) in [6.45, 7) is 0. The van der Waals surface area contributed by atoms with Gasteiger partial charge in [0.2, 0.25) is 0 Å². The zero-order chi connectivity index (χ0) is 18.6. The summed E-state index contributed by atoms with van der Waals surface area (Å²) in [5.41, 5.74) is 2.45. The Labute approximate surface area is 161 Å². The van der Waals surface area contributed by atoms with Gasteiger partial charge < -0.3 is 8.98 Å². The highest BCUT2D eigenvalue weighted by atomic mass is 35.5. The van der Waals surface area contributed by atoms with Gasteiger partial charge in [0.05, 0.1) is 6.33 Å². The van der Waals surface area contributed by atoms with Crippen LogP contribution in [0.2, 0.25) is 5.02 Å². The molecule has 0 aliphatic heterocycles. The summed E-state index contributed by atoms with van der Waals surface area (Å²) in [5.74, 6) is 1.22. The summed E-state index contributed by atoms with van der Waals surface area (Å²) in [5, 5.41) is 0.648. The smallest absolute Gasteiger partial charge is 0.185 e. The minimum Gasteiger partial charge on any atom is -0.457 e. The minimum atomic E-state index is -0.0899. The summed E-state index contributed by atoms with van der Waals surface area (Å²) in [4.78, 5) is 16.4. The number of rotatable bonds is 5. The van der Waals surface area contributed by atoms with Crippen molar-refractivity contribution in [2.45, 2.75) is 0 Å². The van der Waals surface area contributed by atoms with Gasteiger partial charge in [-0.25, -0.2) is 4.98 Å². The maximum absolute atomic E-state index is 12.4. The van der Waals surface area contributed by atoms with E-state index >= 15 is 0 Å². The van der Waals surface area contributed by atoms with Crippen LogP contribution in [-0.2, 0) is 0 Å². The van der Waals surface area contributed by atoms with Gasteiger partial charge in [0.1, 0.15) is 11.5 Å². The summed E-state index contributed by atoms with van der Waals surface area (Å²) in [7, 11) is 0. The molecule has 2 heterocycles. The first kappa shape index (κ1) is 17.1. The number of imidazole rings is 1. The van der Waals surface area contributed by atoms with Crippen molar-refractivity contribution in [1.29, 1.82) is 0 Å². The van der Waals surface area contributed by atoms with Crippen molar-refractivity contribution in [1.82, 2.24) is 9.55 Å². The highest BCUT2D eigenvalue weighted by molar-refractivity contribution is 6.30. The Morgan fingerprint density at radius 2 is 1.93 bits per heavy atom. The highest BCUT2D eigenvalue weighted by Crippen LogP contribution is 2.25.